The molecule has 0 radical (unpaired) electrons. The summed E-state index contributed by atoms with van der Waals surface area (Å²) in [6.07, 6.45) is 2.23. The summed E-state index contributed by atoms with van der Waals surface area (Å²) in [6.45, 7) is 8.84. The zero-order valence-corrected chi connectivity index (χ0v) is 11.1. The molecule has 1 N–H and O–H groups in total. The lowest BCUT2D eigenvalue weighted by Crippen LogP contribution is -2.31. The van der Waals surface area contributed by atoms with Gasteiger partial charge in [-0.15, -0.1) is 0 Å². The largest absolute Gasteiger partial charge is 0.383 e. The summed E-state index contributed by atoms with van der Waals surface area (Å²) in [5.41, 5.74) is 0. The lowest BCUT2D eigenvalue weighted by Gasteiger charge is -2.16. The van der Waals surface area contributed by atoms with Gasteiger partial charge in [0.25, 0.3) is 0 Å². The molecule has 0 fully saturated rings. The monoisotopic (exact) mass is 232 g/mol. The van der Waals surface area contributed by atoms with E-state index in [-0.39, 0.29) is 0 Å². The first-order valence-corrected chi connectivity index (χ1v) is 6.27. The molecule has 16 heavy (non-hydrogen) atoms. The summed E-state index contributed by atoms with van der Waals surface area (Å²) in [5, 5.41) is 3.33. The summed E-state index contributed by atoms with van der Waals surface area (Å²) < 4.78 is 10.4. The predicted molar refractivity (Wildman–Crippen MR) is 68.0 cm³/mol. The number of hydrogen-bond donors (Lipinski definition) is 1. The minimum Gasteiger partial charge on any atom is -0.383 e. The first kappa shape index (κ1) is 15.8. The molecule has 0 aromatic carbocycles. The van der Waals surface area contributed by atoms with Gasteiger partial charge in [0.2, 0.25) is 0 Å². The van der Waals surface area contributed by atoms with Crippen LogP contribution in [0.15, 0.2) is 0 Å². The van der Waals surface area contributed by atoms with E-state index < -0.39 is 0 Å². The third-order valence-electron chi connectivity index (χ3n) is 2.33. The lowest BCUT2D eigenvalue weighted by molar-refractivity contribution is 0.124. The second-order valence-electron chi connectivity index (χ2n) is 4.01. The minimum atomic E-state index is 0.786. The van der Waals surface area contributed by atoms with Gasteiger partial charge >= 0.3 is 0 Å². The molecule has 0 spiro atoms. The van der Waals surface area contributed by atoms with Gasteiger partial charge in [-0.2, -0.15) is 0 Å². The van der Waals surface area contributed by atoms with E-state index in [2.05, 4.69) is 24.2 Å². The molecule has 0 unspecified atom stereocenters. The minimum absolute atomic E-state index is 0.786. The van der Waals surface area contributed by atoms with Crippen molar-refractivity contribution in [2.45, 2.75) is 19.8 Å². The first-order valence-electron chi connectivity index (χ1n) is 6.27. The maximum absolute atomic E-state index is 5.43. The van der Waals surface area contributed by atoms with E-state index in [0.29, 0.717) is 0 Å². The van der Waals surface area contributed by atoms with Crippen molar-refractivity contribution in [3.05, 3.63) is 0 Å². The molecule has 98 valence electrons. The van der Waals surface area contributed by atoms with Crippen LogP contribution < -0.4 is 5.32 Å². The van der Waals surface area contributed by atoms with Gasteiger partial charge in [0.15, 0.2) is 0 Å². The lowest BCUT2D eigenvalue weighted by atomic mass is 10.4. The number of methoxy groups -OCH3 is 1. The summed E-state index contributed by atoms with van der Waals surface area (Å²) in [5.74, 6) is 0. The average Bonchev–Trinajstić information content (AvgIpc) is 2.28. The van der Waals surface area contributed by atoms with Gasteiger partial charge in [0, 0.05) is 46.5 Å². The maximum Gasteiger partial charge on any atom is 0.0587 e. The Bertz CT molecular complexity index is 120. The normalized spacial score (nSPS) is 11.2. The molecule has 0 aromatic rings. The molecule has 0 aliphatic heterocycles. The van der Waals surface area contributed by atoms with Crippen molar-refractivity contribution in [1.82, 2.24) is 10.2 Å². The van der Waals surface area contributed by atoms with Crippen LogP contribution in [0.5, 0.6) is 0 Å². The summed E-state index contributed by atoms with van der Waals surface area (Å²) in [7, 11) is 3.88. The molecule has 0 heterocycles. The van der Waals surface area contributed by atoms with Gasteiger partial charge in [0.1, 0.15) is 0 Å². The Labute approximate surface area is 100 Å². The second-order valence-corrected chi connectivity index (χ2v) is 4.01. The van der Waals surface area contributed by atoms with Crippen molar-refractivity contribution in [3.63, 3.8) is 0 Å². The highest BCUT2D eigenvalue weighted by Crippen LogP contribution is 1.89. The van der Waals surface area contributed by atoms with E-state index in [0.717, 1.165) is 58.8 Å². The van der Waals surface area contributed by atoms with Crippen LogP contribution in [0.2, 0.25) is 0 Å². The highest BCUT2D eigenvalue weighted by molar-refractivity contribution is 4.54. The Morgan fingerprint density at radius 2 is 1.88 bits per heavy atom. The van der Waals surface area contributed by atoms with E-state index in [1.807, 2.05) is 0 Å². The Morgan fingerprint density at radius 3 is 2.56 bits per heavy atom. The molecule has 0 saturated carbocycles. The molecular formula is C12H28N2O2. The Balaban J connectivity index is 3.09. The number of nitrogens with zero attached hydrogens (tertiary/aromatic N) is 1. The molecule has 0 bridgehead atoms. The zero-order chi connectivity index (χ0) is 12.1. The Hall–Kier alpha value is -0.160. The van der Waals surface area contributed by atoms with Crippen LogP contribution >= 0.6 is 0 Å². The molecule has 4 heteroatoms. The average molecular weight is 232 g/mol. The molecular weight excluding hydrogens is 204 g/mol. The van der Waals surface area contributed by atoms with Crippen LogP contribution in [0.3, 0.4) is 0 Å². The fourth-order valence-corrected chi connectivity index (χ4v) is 1.36. The van der Waals surface area contributed by atoms with Crippen molar-refractivity contribution in [3.8, 4) is 0 Å². The highest BCUT2D eigenvalue weighted by Gasteiger charge is 1.97. The molecule has 4 nitrogen and oxygen atoms in total. The van der Waals surface area contributed by atoms with Crippen LogP contribution in [-0.2, 0) is 9.47 Å². The third-order valence-corrected chi connectivity index (χ3v) is 2.33. The van der Waals surface area contributed by atoms with Gasteiger partial charge in [-0.3, -0.25) is 0 Å². The standard InChI is InChI=1S/C12H28N2O2/c1-4-10-16-11-5-8-14(2)9-6-13-7-12-15-3/h13H,4-12H2,1-3H3. The Kier molecular flexibility index (Phi) is 12.8. The maximum atomic E-state index is 5.43. The van der Waals surface area contributed by atoms with Gasteiger partial charge in [-0.25, -0.2) is 0 Å². The highest BCUT2D eigenvalue weighted by atomic mass is 16.5. The van der Waals surface area contributed by atoms with Gasteiger partial charge in [-0.05, 0) is 19.9 Å². The van der Waals surface area contributed by atoms with Crippen LogP contribution in [0.4, 0.5) is 0 Å². The van der Waals surface area contributed by atoms with Crippen molar-refractivity contribution in [2.75, 3.05) is 60.2 Å². The third kappa shape index (κ3) is 11.9. The predicted octanol–water partition coefficient (Wildman–Crippen LogP) is 0.971. The molecule has 0 amide bonds. The SMILES string of the molecule is CCCOCCCN(C)CCNCCOC. The number of hydrogen-bond acceptors (Lipinski definition) is 4. The fraction of sp³-hybridized carbons (Fsp3) is 1.00. The zero-order valence-electron chi connectivity index (χ0n) is 11.1. The van der Waals surface area contributed by atoms with Gasteiger partial charge in [-0.1, -0.05) is 6.92 Å². The number of likely N-dealkylation sites (N-methyl/N-ethyl adjacent to an activating group) is 1. The van der Waals surface area contributed by atoms with E-state index in [1.165, 1.54) is 0 Å². The number of rotatable bonds is 12. The van der Waals surface area contributed by atoms with Gasteiger partial charge < -0.3 is 19.7 Å². The molecule has 0 rings (SSSR count). The van der Waals surface area contributed by atoms with Crippen LogP contribution in [-0.4, -0.2) is 65.1 Å². The Morgan fingerprint density at radius 1 is 1.06 bits per heavy atom. The quantitative estimate of drug-likeness (QED) is 0.508. The van der Waals surface area contributed by atoms with Gasteiger partial charge in [0.05, 0.1) is 6.61 Å². The molecule has 0 aliphatic carbocycles. The molecule has 0 aliphatic rings. The van der Waals surface area contributed by atoms with E-state index in [1.54, 1.807) is 7.11 Å². The van der Waals surface area contributed by atoms with Crippen molar-refractivity contribution >= 4 is 0 Å². The molecule has 0 aromatic heterocycles. The van der Waals surface area contributed by atoms with Crippen molar-refractivity contribution in [2.24, 2.45) is 0 Å². The smallest absolute Gasteiger partial charge is 0.0587 e. The summed E-state index contributed by atoms with van der Waals surface area (Å²) in [4.78, 5) is 2.33. The van der Waals surface area contributed by atoms with E-state index in [9.17, 15) is 0 Å². The van der Waals surface area contributed by atoms with Crippen LogP contribution in [0.25, 0.3) is 0 Å². The van der Waals surface area contributed by atoms with Crippen LogP contribution in [0, 0.1) is 0 Å². The number of ether oxygens (including phenoxy) is 2. The van der Waals surface area contributed by atoms with Crippen molar-refractivity contribution in [1.29, 1.82) is 0 Å². The first-order chi connectivity index (χ1) is 7.81. The van der Waals surface area contributed by atoms with Crippen LogP contribution in [0.1, 0.15) is 19.8 Å². The summed E-state index contributed by atoms with van der Waals surface area (Å²) >= 11 is 0. The number of nitrogens with one attached hydrogen (secondary N) is 1. The summed E-state index contributed by atoms with van der Waals surface area (Å²) in [6, 6.07) is 0. The van der Waals surface area contributed by atoms with Crippen molar-refractivity contribution < 1.29 is 9.47 Å². The second kappa shape index (κ2) is 12.9. The molecule has 0 atom stereocenters. The van der Waals surface area contributed by atoms with E-state index in [4.69, 9.17) is 9.47 Å². The fourth-order valence-electron chi connectivity index (χ4n) is 1.36. The topological polar surface area (TPSA) is 33.7 Å². The molecule has 0 saturated heterocycles. The van der Waals surface area contributed by atoms with E-state index >= 15 is 0 Å².